The molecule has 4 nitrogen and oxygen atoms in total. The minimum Gasteiger partial charge on any atom is -0.506 e. The van der Waals surface area contributed by atoms with Crippen LogP contribution < -0.4 is 0 Å². The molecule has 0 aliphatic carbocycles. The van der Waals surface area contributed by atoms with Crippen molar-refractivity contribution in [2.45, 2.75) is 26.3 Å². The molecule has 1 aliphatic rings. The van der Waals surface area contributed by atoms with Gasteiger partial charge in [0.25, 0.3) is 0 Å². The lowest BCUT2D eigenvalue weighted by Crippen LogP contribution is -2.42. The molecule has 0 radical (unpaired) electrons. The number of carboxylic acids is 1. The highest BCUT2D eigenvalue weighted by atomic mass is 35.5. The molecule has 0 unspecified atom stereocenters. The maximum absolute atomic E-state index is 11.2. The predicted molar refractivity (Wildman–Crippen MR) is 78.4 cm³/mol. The fourth-order valence-corrected chi connectivity index (χ4v) is 2.93. The van der Waals surface area contributed by atoms with Gasteiger partial charge in [-0.25, -0.2) is 0 Å². The second kappa shape index (κ2) is 5.80. The van der Waals surface area contributed by atoms with Crippen molar-refractivity contribution in [3.63, 3.8) is 0 Å². The average molecular weight is 318 g/mol. The zero-order valence-corrected chi connectivity index (χ0v) is 12.7. The van der Waals surface area contributed by atoms with E-state index in [1.54, 1.807) is 13.0 Å². The molecule has 0 aromatic heterocycles. The number of hydrogen-bond acceptors (Lipinski definition) is 3. The largest absolute Gasteiger partial charge is 0.506 e. The molecule has 0 spiro atoms. The summed E-state index contributed by atoms with van der Waals surface area (Å²) in [5.74, 6) is -0.701. The Kier molecular flexibility index (Phi) is 4.47. The molecule has 0 bridgehead atoms. The highest BCUT2D eigenvalue weighted by Crippen LogP contribution is 2.35. The number of phenolic OH excluding ortho intramolecular Hbond substituents is 1. The summed E-state index contributed by atoms with van der Waals surface area (Å²) >= 11 is 11.8. The summed E-state index contributed by atoms with van der Waals surface area (Å²) in [5.41, 5.74) is 0.0197. The summed E-state index contributed by atoms with van der Waals surface area (Å²) in [6.45, 7) is 3.64. The van der Waals surface area contributed by atoms with Crippen molar-refractivity contribution in [1.82, 2.24) is 4.90 Å². The lowest BCUT2D eigenvalue weighted by Gasteiger charge is -2.36. The zero-order chi connectivity index (χ0) is 14.9. The molecule has 0 amide bonds. The fourth-order valence-electron chi connectivity index (χ4n) is 2.40. The van der Waals surface area contributed by atoms with Crippen molar-refractivity contribution in [3.8, 4) is 5.75 Å². The topological polar surface area (TPSA) is 60.8 Å². The molecule has 1 aliphatic heterocycles. The normalized spacial score (nSPS) is 18.9. The average Bonchev–Trinajstić information content (AvgIpc) is 2.38. The summed E-state index contributed by atoms with van der Waals surface area (Å²) in [4.78, 5) is 13.3. The first-order valence-corrected chi connectivity index (χ1v) is 7.20. The van der Waals surface area contributed by atoms with Gasteiger partial charge in [0.1, 0.15) is 5.75 Å². The van der Waals surface area contributed by atoms with E-state index in [0.717, 1.165) is 0 Å². The standard InChI is InChI=1S/C14H17Cl2NO3/c1-14(13(19)20)2-4-17(5-3-14)8-9-6-10(15)7-11(16)12(9)18/h6-7,18H,2-5,8H2,1H3,(H,19,20). The first-order valence-electron chi connectivity index (χ1n) is 6.44. The number of carboxylic acid groups (broad SMARTS) is 1. The van der Waals surface area contributed by atoms with Gasteiger partial charge >= 0.3 is 5.97 Å². The highest BCUT2D eigenvalue weighted by molar-refractivity contribution is 6.35. The Morgan fingerprint density at radius 3 is 2.50 bits per heavy atom. The van der Waals surface area contributed by atoms with Crippen molar-refractivity contribution < 1.29 is 15.0 Å². The molecular weight excluding hydrogens is 301 g/mol. The Morgan fingerprint density at radius 2 is 1.95 bits per heavy atom. The summed E-state index contributed by atoms with van der Waals surface area (Å²) in [7, 11) is 0. The molecule has 110 valence electrons. The predicted octanol–water partition coefficient (Wildman–Crippen LogP) is 3.39. The third kappa shape index (κ3) is 3.19. The molecule has 2 N–H and O–H groups in total. The van der Waals surface area contributed by atoms with Crippen molar-refractivity contribution >= 4 is 29.2 Å². The van der Waals surface area contributed by atoms with Crippen LogP contribution in [0.25, 0.3) is 0 Å². The number of aromatic hydroxyl groups is 1. The van der Waals surface area contributed by atoms with Gasteiger partial charge < -0.3 is 10.2 Å². The van der Waals surface area contributed by atoms with E-state index in [4.69, 9.17) is 23.2 Å². The molecule has 0 saturated carbocycles. The first kappa shape index (κ1) is 15.4. The van der Waals surface area contributed by atoms with E-state index in [-0.39, 0.29) is 10.8 Å². The number of piperidine rings is 1. The molecule has 0 atom stereocenters. The van der Waals surface area contributed by atoms with E-state index in [9.17, 15) is 15.0 Å². The summed E-state index contributed by atoms with van der Waals surface area (Å²) in [6.07, 6.45) is 1.19. The summed E-state index contributed by atoms with van der Waals surface area (Å²) < 4.78 is 0. The Balaban J connectivity index is 2.05. The molecule has 1 aromatic rings. The van der Waals surface area contributed by atoms with E-state index < -0.39 is 11.4 Å². The number of nitrogens with zero attached hydrogens (tertiary/aromatic N) is 1. The summed E-state index contributed by atoms with van der Waals surface area (Å²) in [5, 5.41) is 19.8. The minimum atomic E-state index is -0.745. The molecule has 20 heavy (non-hydrogen) atoms. The molecule has 2 rings (SSSR count). The van der Waals surface area contributed by atoms with Crippen molar-refractivity contribution in [3.05, 3.63) is 27.7 Å². The van der Waals surface area contributed by atoms with Crippen LogP contribution in [0.4, 0.5) is 0 Å². The number of carbonyl (C=O) groups is 1. The van der Waals surface area contributed by atoms with Crippen LogP contribution in [-0.4, -0.2) is 34.2 Å². The third-order valence-electron chi connectivity index (χ3n) is 3.98. The number of likely N-dealkylation sites (tertiary alicyclic amines) is 1. The lowest BCUT2D eigenvalue weighted by molar-refractivity contribution is -0.150. The van der Waals surface area contributed by atoms with Gasteiger partial charge in [0.2, 0.25) is 0 Å². The van der Waals surface area contributed by atoms with Gasteiger partial charge in [-0.2, -0.15) is 0 Å². The molecule has 1 fully saturated rings. The van der Waals surface area contributed by atoms with E-state index in [2.05, 4.69) is 4.90 Å². The van der Waals surface area contributed by atoms with Crippen LogP contribution in [-0.2, 0) is 11.3 Å². The summed E-state index contributed by atoms with van der Waals surface area (Å²) in [6, 6.07) is 3.19. The molecule has 6 heteroatoms. The number of hydrogen-bond donors (Lipinski definition) is 2. The number of halogens is 2. The van der Waals surface area contributed by atoms with Crippen LogP contribution in [0.1, 0.15) is 25.3 Å². The maximum atomic E-state index is 11.2. The Bertz CT molecular complexity index is 525. The van der Waals surface area contributed by atoms with Gasteiger partial charge in [-0.1, -0.05) is 23.2 Å². The van der Waals surface area contributed by atoms with Crippen LogP contribution >= 0.6 is 23.2 Å². The van der Waals surface area contributed by atoms with Crippen LogP contribution in [0.3, 0.4) is 0 Å². The zero-order valence-electron chi connectivity index (χ0n) is 11.2. The van der Waals surface area contributed by atoms with Crippen molar-refractivity contribution in [2.24, 2.45) is 5.41 Å². The van der Waals surface area contributed by atoms with Crippen LogP contribution in [0.2, 0.25) is 10.0 Å². The van der Waals surface area contributed by atoms with Gasteiger partial charge in [0.05, 0.1) is 10.4 Å². The van der Waals surface area contributed by atoms with E-state index in [1.807, 2.05) is 0 Å². The number of rotatable bonds is 3. The van der Waals surface area contributed by atoms with Crippen molar-refractivity contribution in [2.75, 3.05) is 13.1 Å². The number of benzene rings is 1. The van der Waals surface area contributed by atoms with Crippen LogP contribution in [0, 0.1) is 5.41 Å². The Morgan fingerprint density at radius 1 is 1.35 bits per heavy atom. The number of aliphatic carboxylic acids is 1. The van der Waals surface area contributed by atoms with Gasteiger partial charge in [0.15, 0.2) is 0 Å². The second-order valence-electron chi connectivity index (χ2n) is 5.54. The lowest BCUT2D eigenvalue weighted by atomic mass is 9.80. The number of phenols is 1. The first-order chi connectivity index (χ1) is 9.32. The molecule has 1 aromatic carbocycles. The van der Waals surface area contributed by atoms with Crippen LogP contribution in [0.5, 0.6) is 5.75 Å². The SMILES string of the molecule is CC1(C(=O)O)CCN(Cc2cc(Cl)cc(Cl)c2O)CC1. The Hall–Kier alpha value is -0.970. The Labute approximate surface area is 127 Å². The van der Waals surface area contributed by atoms with Crippen LogP contribution in [0.15, 0.2) is 12.1 Å². The van der Waals surface area contributed by atoms with Gasteiger partial charge in [-0.15, -0.1) is 0 Å². The van der Waals surface area contributed by atoms with E-state index in [0.29, 0.717) is 43.1 Å². The fraction of sp³-hybridized carbons (Fsp3) is 0.500. The molecule has 1 heterocycles. The van der Waals surface area contributed by atoms with E-state index >= 15 is 0 Å². The minimum absolute atomic E-state index is 0.0441. The smallest absolute Gasteiger partial charge is 0.309 e. The highest BCUT2D eigenvalue weighted by Gasteiger charge is 2.36. The van der Waals surface area contributed by atoms with Gasteiger partial charge in [-0.05, 0) is 45.0 Å². The molecular formula is C14H17Cl2NO3. The second-order valence-corrected chi connectivity index (χ2v) is 6.38. The molecule has 1 saturated heterocycles. The van der Waals surface area contributed by atoms with Gasteiger partial charge in [-0.3, -0.25) is 9.69 Å². The maximum Gasteiger partial charge on any atom is 0.309 e. The van der Waals surface area contributed by atoms with Crippen molar-refractivity contribution in [1.29, 1.82) is 0 Å². The monoisotopic (exact) mass is 317 g/mol. The third-order valence-corrected chi connectivity index (χ3v) is 4.48. The quantitative estimate of drug-likeness (QED) is 0.897. The van der Waals surface area contributed by atoms with E-state index in [1.165, 1.54) is 6.07 Å². The van der Waals surface area contributed by atoms with Gasteiger partial charge in [0, 0.05) is 17.1 Å².